The average Bonchev–Trinajstić information content (AvgIpc) is 2.86. The molecule has 0 unspecified atom stereocenters. The third-order valence-electron chi connectivity index (χ3n) is 3.46. The van der Waals surface area contributed by atoms with Crippen molar-refractivity contribution in [2.24, 2.45) is 0 Å². The molecule has 5 heteroatoms. The van der Waals surface area contributed by atoms with E-state index in [9.17, 15) is 9.90 Å². The number of hydrogen-bond acceptors (Lipinski definition) is 3. The van der Waals surface area contributed by atoms with Crippen LogP contribution >= 0.6 is 22.6 Å². The number of hydrogen-bond donors (Lipinski definition) is 2. The number of aromatic hydroxyl groups is 1. The predicted molar refractivity (Wildman–Crippen MR) is 87.1 cm³/mol. The number of phenolic OH excluding ortho intramolecular Hbond substituents is 1. The molecule has 102 valence electrons. The third-order valence-corrected chi connectivity index (χ3v) is 4.13. The lowest BCUT2D eigenvalue weighted by atomic mass is 10.1. The predicted octanol–water partition coefficient (Wildman–Crippen LogP) is 2.78. The van der Waals surface area contributed by atoms with E-state index < -0.39 is 0 Å². The molecule has 0 bridgehead atoms. The third kappa shape index (κ3) is 2.11. The van der Waals surface area contributed by atoms with Crippen molar-refractivity contribution in [2.75, 3.05) is 17.2 Å². The van der Waals surface area contributed by atoms with Gasteiger partial charge in [0.25, 0.3) is 5.91 Å². The molecule has 0 saturated carbocycles. The van der Waals surface area contributed by atoms with Gasteiger partial charge in [-0.05, 0) is 58.8 Å². The highest BCUT2D eigenvalue weighted by Crippen LogP contribution is 2.35. The highest BCUT2D eigenvalue weighted by Gasteiger charge is 2.28. The van der Waals surface area contributed by atoms with E-state index in [4.69, 9.17) is 5.73 Å². The van der Waals surface area contributed by atoms with Crippen molar-refractivity contribution in [1.29, 1.82) is 0 Å². The number of halogens is 1. The largest absolute Gasteiger partial charge is 0.507 e. The first-order valence-corrected chi connectivity index (χ1v) is 7.33. The summed E-state index contributed by atoms with van der Waals surface area (Å²) in [5.74, 6) is -0.212. The fourth-order valence-corrected chi connectivity index (χ4v) is 3.01. The summed E-state index contributed by atoms with van der Waals surface area (Å²) in [6.07, 6.45) is 0.788. The molecule has 0 spiro atoms. The minimum Gasteiger partial charge on any atom is -0.507 e. The monoisotopic (exact) mass is 380 g/mol. The number of benzene rings is 2. The molecule has 0 aromatic heterocycles. The minimum atomic E-state index is -0.210. The molecular weight excluding hydrogens is 367 g/mol. The first-order valence-electron chi connectivity index (χ1n) is 6.25. The van der Waals surface area contributed by atoms with Crippen molar-refractivity contribution >= 4 is 39.9 Å². The number of nitrogens with zero attached hydrogens (tertiary/aromatic N) is 1. The van der Waals surface area contributed by atoms with Gasteiger partial charge in [0.2, 0.25) is 0 Å². The molecule has 2 aromatic carbocycles. The number of carbonyl (C=O) groups excluding carboxylic acids is 1. The lowest BCUT2D eigenvalue weighted by Gasteiger charge is -2.19. The van der Waals surface area contributed by atoms with Gasteiger partial charge in [0.15, 0.2) is 0 Å². The van der Waals surface area contributed by atoms with Crippen LogP contribution in [0, 0.1) is 3.57 Å². The Morgan fingerprint density at radius 2 is 2.10 bits per heavy atom. The van der Waals surface area contributed by atoms with Gasteiger partial charge >= 0.3 is 0 Å². The Balaban J connectivity index is 2.04. The van der Waals surface area contributed by atoms with Crippen molar-refractivity contribution in [3.8, 4) is 5.75 Å². The van der Waals surface area contributed by atoms with Crippen molar-refractivity contribution in [1.82, 2.24) is 0 Å². The van der Waals surface area contributed by atoms with E-state index in [0.717, 1.165) is 21.2 Å². The Bertz CT molecular complexity index is 700. The Kier molecular flexibility index (Phi) is 3.29. The molecule has 0 aliphatic carbocycles. The van der Waals surface area contributed by atoms with Crippen LogP contribution in [-0.2, 0) is 6.42 Å². The summed E-state index contributed by atoms with van der Waals surface area (Å²) in [4.78, 5) is 14.3. The van der Waals surface area contributed by atoms with E-state index in [2.05, 4.69) is 22.6 Å². The van der Waals surface area contributed by atoms with Crippen LogP contribution in [0.3, 0.4) is 0 Å². The quantitative estimate of drug-likeness (QED) is 0.591. The molecule has 2 aromatic rings. The van der Waals surface area contributed by atoms with E-state index in [0.29, 0.717) is 17.8 Å². The topological polar surface area (TPSA) is 66.6 Å². The molecule has 20 heavy (non-hydrogen) atoms. The molecule has 0 atom stereocenters. The van der Waals surface area contributed by atoms with Crippen LogP contribution in [0.1, 0.15) is 15.9 Å². The van der Waals surface area contributed by atoms with Gasteiger partial charge in [0, 0.05) is 10.1 Å². The van der Waals surface area contributed by atoms with Gasteiger partial charge in [0.1, 0.15) is 5.75 Å². The maximum Gasteiger partial charge on any atom is 0.262 e. The Morgan fingerprint density at radius 3 is 2.90 bits per heavy atom. The molecule has 1 amide bonds. The Labute approximate surface area is 130 Å². The zero-order valence-corrected chi connectivity index (χ0v) is 12.8. The smallest absolute Gasteiger partial charge is 0.262 e. The SMILES string of the molecule is Nc1cccc2c1N(C(=O)c1cc(I)ccc1O)CC2. The highest BCUT2D eigenvalue weighted by atomic mass is 127. The van der Waals surface area contributed by atoms with Gasteiger partial charge in [-0.2, -0.15) is 0 Å². The van der Waals surface area contributed by atoms with Crippen LogP contribution in [0.5, 0.6) is 5.75 Å². The Morgan fingerprint density at radius 1 is 1.30 bits per heavy atom. The lowest BCUT2D eigenvalue weighted by Crippen LogP contribution is -2.29. The minimum absolute atomic E-state index is 0.00151. The fourth-order valence-electron chi connectivity index (χ4n) is 2.51. The molecule has 3 rings (SSSR count). The summed E-state index contributed by atoms with van der Waals surface area (Å²) in [5, 5.41) is 9.90. The van der Waals surface area contributed by atoms with Gasteiger partial charge < -0.3 is 15.7 Å². The lowest BCUT2D eigenvalue weighted by molar-refractivity contribution is 0.0987. The normalized spacial score (nSPS) is 13.3. The Hall–Kier alpha value is -1.76. The molecule has 0 fully saturated rings. The summed E-state index contributed by atoms with van der Waals surface area (Å²) >= 11 is 2.12. The van der Waals surface area contributed by atoms with Gasteiger partial charge in [0.05, 0.1) is 16.9 Å². The summed E-state index contributed by atoms with van der Waals surface area (Å²) in [6.45, 7) is 0.591. The second-order valence-corrected chi connectivity index (χ2v) is 5.97. The van der Waals surface area contributed by atoms with Crippen molar-refractivity contribution in [3.63, 3.8) is 0 Å². The maximum atomic E-state index is 12.6. The van der Waals surface area contributed by atoms with Gasteiger partial charge in [-0.15, -0.1) is 0 Å². The second kappa shape index (κ2) is 4.97. The fraction of sp³-hybridized carbons (Fsp3) is 0.133. The van der Waals surface area contributed by atoms with Crippen molar-refractivity contribution < 1.29 is 9.90 Å². The summed E-state index contributed by atoms with van der Waals surface area (Å²) < 4.78 is 0.907. The number of phenols is 1. The number of fused-ring (bicyclic) bond motifs is 1. The number of anilines is 2. The summed E-state index contributed by atoms with van der Waals surface area (Å²) in [7, 11) is 0. The first kappa shape index (κ1) is 13.2. The molecule has 0 radical (unpaired) electrons. The number of rotatable bonds is 1. The molecule has 1 aliphatic rings. The van der Waals surface area contributed by atoms with Crippen LogP contribution in [0.25, 0.3) is 0 Å². The van der Waals surface area contributed by atoms with Crippen LogP contribution in [0.4, 0.5) is 11.4 Å². The van der Waals surface area contributed by atoms with E-state index in [1.807, 2.05) is 12.1 Å². The van der Waals surface area contributed by atoms with Gasteiger partial charge in [-0.25, -0.2) is 0 Å². The molecular formula is C15H13IN2O2. The van der Waals surface area contributed by atoms with Gasteiger partial charge in [-0.1, -0.05) is 12.1 Å². The maximum absolute atomic E-state index is 12.6. The zero-order valence-electron chi connectivity index (χ0n) is 10.6. The first-order chi connectivity index (χ1) is 9.58. The molecule has 1 heterocycles. The zero-order chi connectivity index (χ0) is 14.3. The van der Waals surface area contributed by atoms with Crippen molar-refractivity contribution in [2.45, 2.75) is 6.42 Å². The average molecular weight is 380 g/mol. The number of nitrogen functional groups attached to an aromatic ring is 1. The molecule has 4 nitrogen and oxygen atoms in total. The number of carbonyl (C=O) groups is 1. The van der Waals surface area contributed by atoms with E-state index in [1.165, 1.54) is 0 Å². The number of nitrogens with two attached hydrogens (primary N) is 1. The molecule has 1 aliphatic heterocycles. The molecule has 0 saturated heterocycles. The van der Waals surface area contributed by atoms with E-state index >= 15 is 0 Å². The second-order valence-electron chi connectivity index (χ2n) is 4.72. The van der Waals surface area contributed by atoms with Crippen LogP contribution in [0.15, 0.2) is 36.4 Å². The summed E-state index contributed by atoms with van der Waals surface area (Å²) in [6, 6.07) is 10.7. The number of amides is 1. The van der Waals surface area contributed by atoms with Crippen LogP contribution in [-0.4, -0.2) is 17.6 Å². The van der Waals surface area contributed by atoms with Gasteiger partial charge in [-0.3, -0.25) is 4.79 Å². The summed E-state index contributed by atoms with van der Waals surface area (Å²) in [5.41, 5.74) is 8.74. The standard InChI is InChI=1S/C15H13IN2O2/c16-10-4-5-13(19)11(8-10)15(20)18-7-6-9-2-1-3-12(17)14(9)18/h1-5,8,19H,6-7,17H2. The van der Waals surface area contributed by atoms with Crippen LogP contribution in [0.2, 0.25) is 0 Å². The van der Waals surface area contributed by atoms with E-state index in [1.54, 1.807) is 29.2 Å². The number of para-hydroxylation sites is 1. The van der Waals surface area contributed by atoms with Crippen LogP contribution < -0.4 is 10.6 Å². The molecule has 3 N–H and O–H groups in total. The van der Waals surface area contributed by atoms with E-state index in [-0.39, 0.29) is 11.7 Å². The highest BCUT2D eigenvalue weighted by molar-refractivity contribution is 14.1. The van der Waals surface area contributed by atoms with Crippen molar-refractivity contribution in [3.05, 3.63) is 51.1 Å².